The zero-order valence-corrected chi connectivity index (χ0v) is 13.1. The lowest BCUT2D eigenvalue weighted by atomic mass is 9.92. The maximum Gasteiger partial charge on any atom is 0.334 e. The average Bonchev–Trinajstić information content (AvgIpc) is 2.53. The number of benzene rings is 1. The van der Waals surface area contributed by atoms with Crippen LogP contribution in [0.1, 0.15) is 36.8 Å². The van der Waals surface area contributed by atoms with E-state index in [2.05, 4.69) is 31.2 Å². The zero-order chi connectivity index (χ0) is 16.1. The molecule has 0 spiro atoms. The summed E-state index contributed by atoms with van der Waals surface area (Å²) in [5, 5.41) is 9.01. The molecule has 5 nitrogen and oxygen atoms in total. The van der Waals surface area contributed by atoms with E-state index in [1.165, 1.54) is 5.56 Å². The van der Waals surface area contributed by atoms with Crippen LogP contribution in [0.3, 0.4) is 0 Å². The molecule has 1 amide bonds. The predicted octanol–water partition coefficient (Wildman–Crippen LogP) is 2.19. The molecule has 1 aromatic carbocycles. The van der Waals surface area contributed by atoms with Crippen LogP contribution in [0.5, 0.6) is 0 Å². The molecule has 2 unspecified atom stereocenters. The topological polar surface area (TPSA) is 66.8 Å². The Bertz CT molecular complexity index is 526. The molecule has 1 aliphatic rings. The van der Waals surface area contributed by atoms with Gasteiger partial charge < -0.3 is 14.7 Å². The van der Waals surface area contributed by atoms with Gasteiger partial charge in [0.05, 0.1) is 13.2 Å². The molecule has 1 fully saturated rings. The molecular formula is C17H23NO4. The van der Waals surface area contributed by atoms with Gasteiger partial charge in [-0.15, -0.1) is 0 Å². The molecule has 0 bridgehead atoms. The highest BCUT2D eigenvalue weighted by atomic mass is 16.5. The molecule has 2 rings (SSSR count). The predicted molar refractivity (Wildman–Crippen MR) is 82.8 cm³/mol. The minimum Gasteiger partial charge on any atom is -0.479 e. The Morgan fingerprint density at radius 3 is 2.64 bits per heavy atom. The van der Waals surface area contributed by atoms with E-state index < -0.39 is 12.1 Å². The van der Waals surface area contributed by atoms with Crippen molar-refractivity contribution in [2.24, 2.45) is 0 Å². The monoisotopic (exact) mass is 305 g/mol. The Morgan fingerprint density at radius 1 is 1.36 bits per heavy atom. The molecule has 2 atom stereocenters. The first-order valence-electron chi connectivity index (χ1n) is 7.70. The van der Waals surface area contributed by atoms with Crippen molar-refractivity contribution in [1.82, 2.24) is 4.90 Å². The number of aliphatic carboxylic acids is 1. The van der Waals surface area contributed by atoms with Crippen LogP contribution >= 0.6 is 0 Å². The first kappa shape index (κ1) is 16.5. The number of hydrogen-bond donors (Lipinski definition) is 1. The first-order valence-corrected chi connectivity index (χ1v) is 7.70. The molecule has 1 N–H and O–H groups in total. The van der Waals surface area contributed by atoms with E-state index in [4.69, 9.17) is 9.84 Å². The summed E-state index contributed by atoms with van der Waals surface area (Å²) in [5.74, 6) is -0.843. The van der Waals surface area contributed by atoms with Crippen LogP contribution in [0.25, 0.3) is 0 Å². The highest BCUT2D eigenvalue weighted by Crippen LogP contribution is 2.25. The number of nitrogens with zero attached hydrogens (tertiary/aromatic N) is 1. The molecule has 1 aliphatic heterocycles. The molecule has 0 radical (unpaired) electrons. The van der Waals surface area contributed by atoms with E-state index in [-0.39, 0.29) is 25.0 Å². The van der Waals surface area contributed by atoms with Gasteiger partial charge in [-0.3, -0.25) is 4.79 Å². The minimum absolute atomic E-state index is 0.00183. The van der Waals surface area contributed by atoms with Crippen molar-refractivity contribution in [1.29, 1.82) is 0 Å². The molecule has 0 saturated carbocycles. The SMILES string of the molecule is CCC(CC(=O)N1CCOC(C(=O)O)C1)c1ccc(C)cc1. The van der Waals surface area contributed by atoms with Gasteiger partial charge in [-0.2, -0.15) is 0 Å². The number of carboxylic acid groups (broad SMARTS) is 1. The highest BCUT2D eigenvalue weighted by molar-refractivity contribution is 5.79. The normalized spacial score (nSPS) is 19.7. The second-order valence-corrected chi connectivity index (χ2v) is 5.76. The lowest BCUT2D eigenvalue weighted by Crippen LogP contribution is -2.48. The van der Waals surface area contributed by atoms with Gasteiger partial charge in [-0.05, 0) is 24.8 Å². The maximum atomic E-state index is 12.5. The largest absolute Gasteiger partial charge is 0.479 e. The second-order valence-electron chi connectivity index (χ2n) is 5.76. The Kier molecular flexibility index (Phi) is 5.55. The number of morpholine rings is 1. The summed E-state index contributed by atoms with van der Waals surface area (Å²) in [6.07, 6.45) is 0.380. The summed E-state index contributed by atoms with van der Waals surface area (Å²) < 4.78 is 5.16. The quantitative estimate of drug-likeness (QED) is 0.905. The van der Waals surface area contributed by atoms with Gasteiger partial charge in [0.1, 0.15) is 0 Å². The fraction of sp³-hybridized carbons (Fsp3) is 0.529. The number of carbonyl (C=O) groups excluding carboxylic acids is 1. The van der Waals surface area contributed by atoms with Crippen LogP contribution in [0.15, 0.2) is 24.3 Å². The van der Waals surface area contributed by atoms with Crippen molar-refractivity contribution < 1.29 is 19.4 Å². The lowest BCUT2D eigenvalue weighted by molar-refractivity contribution is -0.159. The lowest BCUT2D eigenvalue weighted by Gasteiger charge is -2.32. The number of hydrogen-bond acceptors (Lipinski definition) is 3. The van der Waals surface area contributed by atoms with E-state index >= 15 is 0 Å². The molecule has 22 heavy (non-hydrogen) atoms. The summed E-state index contributed by atoms with van der Waals surface area (Å²) in [6, 6.07) is 8.24. The van der Waals surface area contributed by atoms with Crippen molar-refractivity contribution in [2.45, 2.75) is 38.7 Å². The fourth-order valence-corrected chi connectivity index (χ4v) is 2.70. The Labute approximate surface area is 130 Å². The maximum absolute atomic E-state index is 12.5. The second kappa shape index (κ2) is 7.40. The van der Waals surface area contributed by atoms with Gasteiger partial charge in [0, 0.05) is 13.0 Å². The molecule has 5 heteroatoms. The highest BCUT2D eigenvalue weighted by Gasteiger charge is 2.29. The number of rotatable bonds is 5. The van der Waals surface area contributed by atoms with E-state index in [9.17, 15) is 9.59 Å². The number of carboxylic acids is 1. The molecule has 120 valence electrons. The first-order chi connectivity index (χ1) is 10.5. The van der Waals surface area contributed by atoms with Crippen LogP contribution in [0, 0.1) is 6.92 Å². The van der Waals surface area contributed by atoms with Crippen LogP contribution in [-0.2, 0) is 14.3 Å². The van der Waals surface area contributed by atoms with E-state index in [0.29, 0.717) is 13.0 Å². The van der Waals surface area contributed by atoms with Crippen LogP contribution in [-0.4, -0.2) is 47.7 Å². The van der Waals surface area contributed by atoms with Crippen molar-refractivity contribution in [3.8, 4) is 0 Å². The number of amides is 1. The molecule has 0 aliphatic carbocycles. The van der Waals surface area contributed by atoms with Crippen molar-refractivity contribution in [2.75, 3.05) is 19.7 Å². The summed E-state index contributed by atoms with van der Waals surface area (Å²) in [6.45, 7) is 4.99. The van der Waals surface area contributed by atoms with Gasteiger partial charge in [0.25, 0.3) is 0 Å². The van der Waals surface area contributed by atoms with Crippen molar-refractivity contribution in [3.05, 3.63) is 35.4 Å². The van der Waals surface area contributed by atoms with Gasteiger partial charge in [-0.25, -0.2) is 4.79 Å². The molecule has 0 aromatic heterocycles. The van der Waals surface area contributed by atoms with E-state index in [0.717, 1.165) is 12.0 Å². The van der Waals surface area contributed by atoms with Crippen molar-refractivity contribution in [3.63, 3.8) is 0 Å². The summed E-state index contributed by atoms with van der Waals surface area (Å²) in [5.41, 5.74) is 2.35. The van der Waals surface area contributed by atoms with Gasteiger partial charge in [0.15, 0.2) is 6.10 Å². The Morgan fingerprint density at radius 2 is 2.05 bits per heavy atom. The van der Waals surface area contributed by atoms with Crippen LogP contribution in [0.2, 0.25) is 0 Å². The Hall–Kier alpha value is -1.88. The summed E-state index contributed by atoms with van der Waals surface area (Å²) in [4.78, 5) is 25.1. The zero-order valence-electron chi connectivity index (χ0n) is 13.1. The third kappa shape index (κ3) is 4.07. The number of ether oxygens (including phenoxy) is 1. The number of aryl methyl sites for hydroxylation is 1. The third-order valence-electron chi connectivity index (χ3n) is 4.16. The van der Waals surface area contributed by atoms with E-state index in [1.54, 1.807) is 4.90 Å². The van der Waals surface area contributed by atoms with Crippen molar-refractivity contribution >= 4 is 11.9 Å². The Balaban J connectivity index is 1.99. The van der Waals surface area contributed by atoms with E-state index in [1.807, 2.05) is 6.92 Å². The van der Waals surface area contributed by atoms with Gasteiger partial charge in [-0.1, -0.05) is 36.8 Å². The summed E-state index contributed by atoms with van der Waals surface area (Å²) in [7, 11) is 0. The standard InChI is InChI=1S/C17H23NO4/c1-3-13(14-6-4-12(2)5-7-14)10-16(19)18-8-9-22-15(11-18)17(20)21/h4-7,13,15H,3,8-11H2,1-2H3,(H,20,21). The molecule has 1 heterocycles. The van der Waals surface area contributed by atoms with Crippen LogP contribution in [0.4, 0.5) is 0 Å². The fourth-order valence-electron chi connectivity index (χ4n) is 2.70. The summed E-state index contributed by atoms with van der Waals surface area (Å²) >= 11 is 0. The smallest absolute Gasteiger partial charge is 0.334 e. The molecule has 1 aromatic rings. The van der Waals surface area contributed by atoms with Gasteiger partial charge >= 0.3 is 5.97 Å². The molecular weight excluding hydrogens is 282 g/mol. The van der Waals surface area contributed by atoms with Gasteiger partial charge in [0.2, 0.25) is 5.91 Å². The molecule has 1 saturated heterocycles. The third-order valence-corrected chi connectivity index (χ3v) is 4.16. The minimum atomic E-state index is -1.01. The number of carbonyl (C=O) groups is 2. The average molecular weight is 305 g/mol. The van der Waals surface area contributed by atoms with Crippen LogP contribution < -0.4 is 0 Å².